The third-order valence-corrected chi connectivity index (χ3v) is 8.19. The van der Waals surface area contributed by atoms with Crippen LogP contribution in [-0.4, -0.2) is 20.0 Å². The molecule has 3 rings (SSSR count). The fraction of sp³-hybridized carbons (Fsp3) is 0.478. The van der Waals surface area contributed by atoms with E-state index in [1.165, 1.54) is 51.0 Å². The number of thiophene rings is 1. The van der Waals surface area contributed by atoms with Crippen molar-refractivity contribution in [3.05, 3.63) is 47.3 Å². The van der Waals surface area contributed by atoms with Gasteiger partial charge in [-0.15, -0.1) is 11.3 Å². The molecule has 2 aromatic rings. The molecule has 31 heavy (non-hydrogen) atoms. The van der Waals surface area contributed by atoms with Crippen LogP contribution in [0.25, 0.3) is 0 Å². The van der Waals surface area contributed by atoms with Crippen LogP contribution in [-0.2, 0) is 10.0 Å². The third kappa shape index (κ3) is 7.47. The molecule has 1 saturated carbocycles. The van der Waals surface area contributed by atoms with Crippen molar-refractivity contribution in [1.82, 2.24) is 5.43 Å². The average molecular weight is 462 g/mol. The van der Waals surface area contributed by atoms with E-state index in [4.69, 9.17) is 0 Å². The highest BCUT2D eigenvalue weighted by molar-refractivity contribution is 7.94. The van der Waals surface area contributed by atoms with Gasteiger partial charge in [-0.25, -0.2) is 13.8 Å². The van der Waals surface area contributed by atoms with Gasteiger partial charge in [0.1, 0.15) is 4.21 Å². The number of nitrogens with zero attached hydrogens (tertiary/aromatic N) is 1. The van der Waals surface area contributed by atoms with Gasteiger partial charge in [0.2, 0.25) is 0 Å². The predicted molar refractivity (Wildman–Crippen MR) is 127 cm³/mol. The van der Waals surface area contributed by atoms with Gasteiger partial charge in [-0.3, -0.25) is 9.52 Å². The van der Waals surface area contributed by atoms with Crippen LogP contribution in [0.5, 0.6) is 0 Å². The molecular weight excluding hydrogens is 430 g/mol. The van der Waals surface area contributed by atoms with Crippen LogP contribution in [0.1, 0.15) is 81.0 Å². The molecule has 2 N–H and O–H groups in total. The Morgan fingerprint density at radius 3 is 2.06 bits per heavy atom. The van der Waals surface area contributed by atoms with Gasteiger partial charge in [-0.2, -0.15) is 5.10 Å². The minimum Gasteiger partial charge on any atom is -0.278 e. The highest BCUT2D eigenvalue weighted by Gasteiger charge is 2.19. The number of hydrazone groups is 1. The molecule has 1 heterocycles. The molecule has 1 aliphatic rings. The fourth-order valence-corrected chi connectivity index (χ4v) is 5.78. The smallest absolute Gasteiger partial charge is 0.273 e. The first kappa shape index (κ1) is 23.5. The quantitative estimate of drug-likeness (QED) is 0.540. The molecule has 1 amide bonds. The molecule has 0 saturated heterocycles. The van der Waals surface area contributed by atoms with E-state index in [1.54, 1.807) is 35.7 Å². The summed E-state index contributed by atoms with van der Waals surface area (Å²) in [4.78, 5) is 12.8. The van der Waals surface area contributed by atoms with Crippen LogP contribution in [0.15, 0.2) is 51.1 Å². The van der Waals surface area contributed by atoms with Gasteiger partial charge in [0.05, 0.1) is 11.3 Å². The van der Waals surface area contributed by atoms with E-state index in [0.717, 1.165) is 42.7 Å². The van der Waals surface area contributed by atoms with Crippen LogP contribution in [0.4, 0.5) is 5.69 Å². The lowest BCUT2D eigenvalue weighted by atomic mass is 10.00. The predicted octanol–water partition coefficient (Wildman–Crippen LogP) is 5.94. The van der Waals surface area contributed by atoms with Crippen molar-refractivity contribution in [3.63, 3.8) is 0 Å². The van der Waals surface area contributed by atoms with E-state index < -0.39 is 15.9 Å². The van der Waals surface area contributed by atoms with Crippen molar-refractivity contribution in [2.75, 3.05) is 4.72 Å². The van der Waals surface area contributed by atoms with Gasteiger partial charge in [-0.1, -0.05) is 63.1 Å². The van der Waals surface area contributed by atoms with E-state index in [2.05, 4.69) is 15.2 Å². The number of nitrogens with one attached hydrogen (secondary N) is 2. The summed E-state index contributed by atoms with van der Waals surface area (Å²) in [7, 11) is -3.73. The second-order valence-electron chi connectivity index (χ2n) is 7.88. The minimum atomic E-state index is -3.73. The van der Waals surface area contributed by atoms with Crippen molar-refractivity contribution in [2.24, 2.45) is 5.10 Å². The summed E-state index contributed by atoms with van der Waals surface area (Å²) < 4.78 is 27.9. The second kappa shape index (κ2) is 12.0. The number of hydrogen-bond donors (Lipinski definition) is 2. The number of carbonyl (C=O) groups is 1. The topological polar surface area (TPSA) is 87.6 Å². The summed E-state index contributed by atoms with van der Waals surface area (Å²) in [6, 6.07) is 9.80. The lowest BCUT2D eigenvalue weighted by Crippen LogP contribution is -2.22. The van der Waals surface area contributed by atoms with E-state index in [9.17, 15) is 13.2 Å². The lowest BCUT2D eigenvalue weighted by Gasteiger charge is -2.12. The number of anilines is 1. The summed E-state index contributed by atoms with van der Waals surface area (Å²) in [6.45, 7) is 0. The Bertz CT molecular complexity index is 956. The van der Waals surface area contributed by atoms with E-state index in [1.807, 2.05) is 0 Å². The molecule has 168 valence electrons. The van der Waals surface area contributed by atoms with Crippen molar-refractivity contribution < 1.29 is 13.2 Å². The normalized spacial score (nSPS) is 16.6. The summed E-state index contributed by atoms with van der Waals surface area (Å²) in [5.74, 6) is -0.414. The average Bonchev–Trinajstić information content (AvgIpc) is 3.29. The molecule has 1 aliphatic carbocycles. The van der Waals surface area contributed by atoms with Gasteiger partial charge in [0.25, 0.3) is 15.9 Å². The van der Waals surface area contributed by atoms with Crippen LogP contribution in [0.3, 0.4) is 0 Å². The SMILES string of the molecule is O=C(NN=C1CCCCCCCCCCC1)c1ccccc1NS(=O)(=O)c1cccs1. The third-order valence-electron chi connectivity index (χ3n) is 5.42. The van der Waals surface area contributed by atoms with Gasteiger partial charge >= 0.3 is 0 Å². The second-order valence-corrected chi connectivity index (χ2v) is 10.7. The highest BCUT2D eigenvalue weighted by Crippen LogP contribution is 2.23. The van der Waals surface area contributed by atoms with E-state index in [-0.39, 0.29) is 15.5 Å². The molecule has 1 aromatic carbocycles. The maximum absolute atomic E-state index is 12.8. The Balaban J connectivity index is 1.68. The van der Waals surface area contributed by atoms with Crippen LogP contribution >= 0.6 is 11.3 Å². The molecular formula is C23H31N3O3S2. The Morgan fingerprint density at radius 1 is 0.839 bits per heavy atom. The number of rotatable bonds is 5. The lowest BCUT2D eigenvalue weighted by molar-refractivity contribution is 0.0955. The Hall–Kier alpha value is -2.19. The number of sulfonamides is 1. The minimum absolute atomic E-state index is 0.205. The standard InChI is InChI=1S/C23H31N3O3S2/c27-23(25-24-19-13-8-6-4-2-1-3-5-7-9-14-19)20-15-10-11-16-21(20)26-31(28,29)22-17-12-18-30-22/h10-12,15-18,26H,1-9,13-14H2,(H,25,27). The maximum Gasteiger partial charge on any atom is 0.273 e. The Kier molecular flexibility index (Phi) is 9.09. The molecule has 0 aliphatic heterocycles. The summed E-state index contributed by atoms with van der Waals surface area (Å²) in [5.41, 5.74) is 4.17. The number of carbonyl (C=O) groups excluding carboxylic acids is 1. The Labute approximate surface area is 189 Å². The van der Waals surface area contributed by atoms with Crippen molar-refractivity contribution in [1.29, 1.82) is 0 Å². The molecule has 0 atom stereocenters. The van der Waals surface area contributed by atoms with Crippen LogP contribution in [0.2, 0.25) is 0 Å². The van der Waals surface area contributed by atoms with Crippen molar-refractivity contribution in [2.45, 2.75) is 74.8 Å². The molecule has 6 nitrogen and oxygen atoms in total. The van der Waals surface area contributed by atoms with Gasteiger partial charge < -0.3 is 0 Å². The summed E-state index contributed by atoms with van der Waals surface area (Å²) in [6.07, 6.45) is 12.8. The molecule has 0 spiro atoms. The number of para-hydroxylation sites is 1. The molecule has 1 fully saturated rings. The van der Waals surface area contributed by atoms with Crippen LogP contribution in [0, 0.1) is 0 Å². The molecule has 0 unspecified atom stereocenters. The molecule has 0 radical (unpaired) electrons. The van der Waals surface area contributed by atoms with Gasteiger partial charge in [0, 0.05) is 5.71 Å². The first-order valence-corrected chi connectivity index (χ1v) is 13.4. The van der Waals surface area contributed by atoms with E-state index in [0.29, 0.717) is 0 Å². The maximum atomic E-state index is 12.8. The first-order chi connectivity index (χ1) is 15.1. The molecule has 8 heteroatoms. The number of amides is 1. The number of benzene rings is 1. The Morgan fingerprint density at radius 2 is 1.45 bits per heavy atom. The zero-order valence-electron chi connectivity index (χ0n) is 17.8. The highest BCUT2D eigenvalue weighted by atomic mass is 32.2. The molecule has 1 aromatic heterocycles. The van der Waals surface area contributed by atoms with Crippen molar-refractivity contribution >= 4 is 38.7 Å². The van der Waals surface area contributed by atoms with E-state index >= 15 is 0 Å². The summed E-state index contributed by atoms with van der Waals surface area (Å²) in [5, 5.41) is 6.12. The van der Waals surface area contributed by atoms with Gasteiger partial charge in [-0.05, 0) is 49.3 Å². The number of hydrogen-bond acceptors (Lipinski definition) is 5. The zero-order chi connectivity index (χ0) is 21.9. The van der Waals surface area contributed by atoms with Crippen LogP contribution < -0.4 is 10.1 Å². The summed E-state index contributed by atoms with van der Waals surface area (Å²) >= 11 is 1.13. The molecule has 0 bridgehead atoms. The largest absolute Gasteiger partial charge is 0.278 e. The van der Waals surface area contributed by atoms with Crippen molar-refractivity contribution in [3.8, 4) is 0 Å². The monoisotopic (exact) mass is 461 g/mol. The first-order valence-electron chi connectivity index (χ1n) is 11.1. The zero-order valence-corrected chi connectivity index (χ0v) is 19.4. The van der Waals surface area contributed by atoms with Gasteiger partial charge in [0.15, 0.2) is 0 Å². The fourth-order valence-electron chi connectivity index (χ4n) is 3.70.